The van der Waals surface area contributed by atoms with Gasteiger partial charge in [0.25, 0.3) is 0 Å². The van der Waals surface area contributed by atoms with Gasteiger partial charge in [-0.3, -0.25) is 4.79 Å². The number of carbonyl (C=O) groups excluding carboxylic acids is 1. The number of hydrogen-bond donors (Lipinski definition) is 0. The molecule has 1 saturated heterocycles. The summed E-state index contributed by atoms with van der Waals surface area (Å²) in [4.78, 5) is 17.7. The van der Waals surface area contributed by atoms with Gasteiger partial charge in [-0.2, -0.15) is 17.5 Å². The van der Waals surface area contributed by atoms with E-state index in [1.807, 2.05) is 13.8 Å². The molecule has 0 aromatic heterocycles. The Balaban J connectivity index is 1.76. The summed E-state index contributed by atoms with van der Waals surface area (Å²) in [6, 6.07) is 9.84. The van der Waals surface area contributed by atoms with Crippen LogP contribution in [0.2, 0.25) is 10.0 Å². The van der Waals surface area contributed by atoms with Crippen LogP contribution < -0.4 is 0 Å². The molecule has 2 aromatic carbocycles. The van der Waals surface area contributed by atoms with Gasteiger partial charge < -0.3 is 9.80 Å². The average molecular weight is 623 g/mol. The Kier molecular flexibility index (Phi) is 10.6. The van der Waals surface area contributed by atoms with Gasteiger partial charge in [-0.25, -0.2) is 8.42 Å². The number of amides is 1. The van der Waals surface area contributed by atoms with E-state index in [9.17, 15) is 26.4 Å². The molecule has 0 bridgehead atoms. The molecule has 222 valence electrons. The highest BCUT2D eigenvalue weighted by molar-refractivity contribution is 7.88. The third-order valence-corrected chi connectivity index (χ3v) is 9.85. The van der Waals surface area contributed by atoms with Gasteiger partial charge in [0.15, 0.2) is 0 Å². The van der Waals surface area contributed by atoms with E-state index in [-0.39, 0.29) is 18.5 Å². The fraction of sp³-hybridized carbons (Fsp3) is 0.536. The van der Waals surface area contributed by atoms with Crippen LogP contribution in [0.3, 0.4) is 0 Å². The van der Waals surface area contributed by atoms with Crippen molar-refractivity contribution in [3.63, 3.8) is 0 Å². The molecule has 1 heterocycles. The number of sulfonamides is 1. The lowest BCUT2D eigenvalue weighted by molar-refractivity contribution is -0.138. The van der Waals surface area contributed by atoms with E-state index in [4.69, 9.17) is 23.2 Å². The molecule has 0 spiro atoms. The zero-order chi connectivity index (χ0) is 29.9. The van der Waals surface area contributed by atoms with Crippen molar-refractivity contribution in [3.8, 4) is 0 Å². The average Bonchev–Trinajstić information content (AvgIpc) is 2.88. The van der Waals surface area contributed by atoms with Gasteiger partial charge in [0, 0.05) is 26.2 Å². The maximum absolute atomic E-state index is 13.9. The summed E-state index contributed by atoms with van der Waals surface area (Å²) in [5.41, 5.74) is -0.467. The van der Waals surface area contributed by atoms with E-state index in [1.54, 1.807) is 29.6 Å². The first kappa shape index (κ1) is 32.7. The maximum Gasteiger partial charge on any atom is 0.416 e. The summed E-state index contributed by atoms with van der Waals surface area (Å²) < 4.78 is 64.7. The van der Waals surface area contributed by atoms with Crippen LogP contribution in [0.15, 0.2) is 42.5 Å². The predicted molar refractivity (Wildman–Crippen MR) is 153 cm³/mol. The Morgan fingerprint density at radius 1 is 1.02 bits per heavy atom. The van der Waals surface area contributed by atoms with E-state index in [1.165, 1.54) is 23.3 Å². The molecule has 1 fully saturated rings. The van der Waals surface area contributed by atoms with Crippen molar-refractivity contribution in [1.82, 2.24) is 14.1 Å². The van der Waals surface area contributed by atoms with Crippen LogP contribution in [-0.2, 0) is 33.0 Å². The first-order chi connectivity index (χ1) is 18.6. The molecule has 40 heavy (non-hydrogen) atoms. The normalized spacial score (nSPS) is 17.1. The number of piperidine rings is 1. The highest BCUT2D eigenvalue weighted by atomic mass is 35.5. The monoisotopic (exact) mass is 621 g/mol. The number of hydrogen-bond acceptors (Lipinski definition) is 4. The Bertz CT molecular complexity index is 1280. The van der Waals surface area contributed by atoms with Gasteiger partial charge in [-0.1, -0.05) is 48.3 Å². The Hall–Kier alpha value is -1.85. The molecule has 0 N–H and O–H groups in total. The van der Waals surface area contributed by atoms with Gasteiger partial charge in [0.2, 0.25) is 15.9 Å². The van der Waals surface area contributed by atoms with E-state index in [2.05, 4.69) is 4.90 Å². The fourth-order valence-electron chi connectivity index (χ4n) is 5.36. The molecule has 1 amide bonds. The molecular weight excluding hydrogens is 586 g/mol. The largest absolute Gasteiger partial charge is 0.416 e. The van der Waals surface area contributed by atoms with Gasteiger partial charge in [-0.05, 0) is 81.2 Å². The number of likely N-dealkylation sites (tertiary alicyclic amines) is 1. The van der Waals surface area contributed by atoms with Gasteiger partial charge >= 0.3 is 6.18 Å². The minimum absolute atomic E-state index is 0.0470. The SMILES string of the molecule is CCN(C1CCN(CCC(C)(C(=O)N(C)Cc2ccc(C(F)(F)F)cc2)c2ccc(Cl)c(Cl)c2)CC1)S(C)(=O)=O. The molecule has 3 rings (SSSR count). The van der Waals surface area contributed by atoms with Crippen LogP contribution >= 0.6 is 23.2 Å². The molecule has 2 aromatic rings. The van der Waals surface area contributed by atoms with Crippen LogP contribution in [0.1, 0.15) is 49.8 Å². The van der Waals surface area contributed by atoms with Crippen molar-refractivity contribution in [2.75, 3.05) is 39.5 Å². The lowest BCUT2D eigenvalue weighted by Gasteiger charge is -2.39. The number of carbonyl (C=O) groups is 1. The second-order valence-electron chi connectivity index (χ2n) is 10.6. The second kappa shape index (κ2) is 13.0. The molecule has 0 saturated carbocycles. The molecule has 1 aliphatic rings. The molecule has 1 aliphatic heterocycles. The Morgan fingerprint density at radius 2 is 1.60 bits per heavy atom. The number of alkyl halides is 3. The van der Waals surface area contributed by atoms with Crippen LogP contribution in [0.4, 0.5) is 13.2 Å². The first-order valence-electron chi connectivity index (χ1n) is 13.1. The van der Waals surface area contributed by atoms with Crippen molar-refractivity contribution in [3.05, 3.63) is 69.2 Å². The minimum Gasteiger partial charge on any atom is -0.341 e. The topological polar surface area (TPSA) is 60.9 Å². The number of halogens is 5. The van der Waals surface area contributed by atoms with Crippen LogP contribution in [0.25, 0.3) is 0 Å². The van der Waals surface area contributed by atoms with E-state index < -0.39 is 27.2 Å². The van der Waals surface area contributed by atoms with Crippen LogP contribution in [0.5, 0.6) is 0 Å². The number of nitrogens with zero attached hydrogens (tertiary/aromatic N) is 3. The summed E-state index contributed by atoms with van der Waals surface area (Å²) in [5.74, 6) is -0.199. The Morgan fingerprint density at radius 3 is 2.10 bits per heavy atom. The quantitative estimate of drug-likeness (QED) is 0.323. The van der Waals surface area contributed by atoms with Gasteiger partial charge in [0.1, 0.15) is 0 Å². The maximum atomic E-state index is 13.9. The summed E-state index contributed by atoms with van der Waals surface area (Å²) >= 11 is 12.5. The molecule has 6 nitrogen and oxygen atoms in total. The highest BCUT2D eigenvalue weighted by Gasteiger charge is 2.39. The zero-order valence-electron chi connectivity index (χ0n) is 23.1. The summed E-state index contributed by atoms with van der Waals surface area (Å²) in [6.45, 7) is 6.23. The van der Waals surface area contributed by atoms with E-state index in [0.29, 0.717) is 66.6 Å². The first-order valence-corrected chi connectivity index (χ1v) is 15.7. The van der Waals surface area contributed by atoms with Crippen molar-refractivity contribution in [2.24, 2.45) is 0 Å². The molecular formula is C28H36Cl2F3N3O3S. The molecule has 12 heteroatoms. The fourth-order valence-corrected chi connectivity index (χ4v) is 6.88. The summed E-state index contributed by atoms with van der Waals surface area (Å²) in [5, 5.41) is 0.691. The van der Waals surface area contributed by atoms with Crippen LogP contribution in [-0.4, -0.2) is 74.0 Å². The number of rotatable bonds is 10. The van der Waals surface area contributed by atoms with Crippen LogP contribution in [0, 0.1) is 0 Å². The predicted octanol–water partition coefficient (Wildman–Crippen LogP) is 6.06. The summed E-state index contributed by atoms with van der Waals surface area (Å²) in [6.07, 6.45) is -1.34. The van der Waals surface area contributed by atoms with Crippen molar-refractivity contribution >= 4 is 39.1 Å². The van der Waals surface area contributed by atoms with Crippen molar-refractivity contribution in [1.29, 1.82) is 0 Å². The standard InChI is InChI=1S/C28H36Cl2F3N3O3S/c1-5-36(40(4,38)39)23-12-15-35(16-13-23)17-14-27(2,22-10-11-24(29)25(30)18-22)26(37)34(3)19-20-6-8-21(9-7-20)28(31,32)33/h6-11,18,23H,5,12-17,19H2,1-4H3. The van der Waals surface area contributed by atoms with Gasteiger partial charge in [0.05, 0.1) is 27.3 Å². The molecule has 1 atom stereocenters. The minimum atomic E-state index is -4.43. The molecule has 1 unspecified atom stereocenters. The highest BCUT2D eigenvalue weighted by Crippen LogP contribution is 2.35. The number of benzene rings is 2. The van der Waals surface area contributed by atoms with Gasteiger partial charge in [-0.15, -0.1) is 0 Å². The second-order valence-corrected chi connectivity index (χ2v) is 13.4. The molecule has 0 radical (unpaired) electrons. The van der Waals surface area contributed by atoms with Crippen molar-refractivity contribution in [2.45, 2.75) is 57.3 Å². The van der Waals surface area contributed by atoms with E-state index >= 15 is 0 Å². The smallest absolute Gasteiger partial charge is 0.341 e. The third-order valence-electron chi connectivity index (χ3n) is 7.71. The Labute approximate surface area is 245 Å². The third kappa shape index (κ3) is 7.91. The molecule has 0 aliphatic carbocycles. The lowest BCUT2D eigenvalue weighted by Crippen LogP contribution is -2.49. The zero-order valence-corrected chi connectivity index (χ0v) is 25.5. The summed E-state index contributed by atoms with van der Waals surface area (Å²) in [7, 11) is -1.65. The lowest BCUT2D eigenvalue weighted by atomic mass is 9.77. The van der Waals surface area contributed by atoms with Crippen molar-refractivity contribution < 1.29 is 26.4 Å². The number of likely N-dealkylation sites (N-methyl/N-ethyl adjacent to an activating group) is 1. The van der Waals surface area contributed by atoms with E-state index in [0.717, 1.165) is 12.1 Å².